The van der Waals surface area contributed by atoms with Gasteiger partial charge >= 0.3 is 51.4 Å². The number of carbonyl (C=O) groups is 1. The minimum Gasteiger partial charge on any atom is -0.468 e. The first-order chi connectivity index (χ1) is 17.2. The van der Waals surface area contributed by atoms with E-state index in [1.165, 1.54) is 0 Å². The molecule has 6 N–H and O–H groups in total. The molecule has 0 aromatic heterocycles. The molecule has 0 unspecified atom stereocenters. The van der Waals surface area contributed by atoms with E-state index in [9.17, 15) is 4.79 Å². The van der Waals surface area contributed by atoms with Crippen molar-refractivity contribution in [2.24, 2.45) is 16.5 Å². The second kappa shape index (κ2) is 14.7. The Morgan fingerprint density at radius 3 is 2.43 bits per heavy atom. The molecule has 2 aromatic carbocycles. The van der Waals surface area contributed by atoms with Crippen molar-refractivity contribution in [3.63, 3.8) is 0 Å². The fraction of sp³-hybridized carbons (Fsp3) is 0.296. The number of nitrogens with two attached hydrogens (primary N) is 2. The third kappa shape index (κ3) is 8.97. The molecule has 1 saturated heterocycles. The van der Waals surface area contributed by atoms with Crippen LogP contribution in [-0.4, -0.2) is 55.7 Å². The average molecular weight is 544 g/mol. The normalized spacial score (nSPS) is 15.0. The van der Waals surface area contributed by atoms with E-state index in [1.807, 2.05) is 13.0 Å². The number of aliphatic imine (C=N–C) groups is 1. The molecule has 1 fully saturated rings. The summed E-state index contributed by atoms with van der Waals surface area (Å²) < 4.78 is 0. The summed E-state index contributed by atoms with van der Waals surface area (Å²) in [6, 6.07) is 12.2. The van der Waals surface area contributed by atoms with E-state index in [0.29, 0.717) is 27.7 Å². The monoisotopic (exact) mass is 543 g/mol. The number of carbonyl (C=O) groups excluding carboxylic acids is 1. The number of hydrogen-bond acceptors (Lipinski definition) is 5. The molecule has 0 spiro atoms. The summed E-state index contributed by atoms with van der Waals surface area (Å²) in [4.78, 5) is 19.5. The average Bonchev–Trinajstić information content (AvgIpc) is 2.85. The molecule has 1 amide bonds. The van der Waals surface area contributed by atoms with Gasteiger partial charge in [-0.3, -0.25) is 10.2 Å². The van der Waals surface area contributed by atoms with Gasteiger partial charge in [-0.2, -0.15) is 0 Å². The van der Waals surface area contributed by atoms with E-state index >= 15 is 0 Å². The van der Waals surface area contributed by atoms with Crippen molar-refractivity contribution in [3.8, 4) is 11.8 Å². The van der Waals surface area contributed by atoms with Crippen molar-refractivity contribution in [1.29, 1.82) is 5.41 Å². The predicted octanol–water partition coefficient (Wildman–Crippen LogP) is 0.901. The number of likely N-dealkylation sites (N-methyl/N-ethyl adjacent to an activating group) is 1. The van der Waals surface area contributed by atoms with Crippen LogP contribution in [0, 0.1) is 24.2 Å². The van der Waals surface area contributed by atoms with E-state index in [2.05, 4.69) is 34.4 Å². The van der Waals surface area contributed by atoms with Crippen molar-refractivity contribution in [2.75, 3.05) is 32.5 Å². The van der Waals surface area contributed by atoms with E-state index < -0.39 is 0 Å². The Kier molecular flexibility index (Phi) is 12.3. The summed E-state index contributed by atoms with van der Waals surface area (Å²) in [5.41, 5.74) is 15.2. The molecule has 0 saturated carbocycles. The molecular formula is C27H31ClKN7O. The smallest absolute Gasteiger partial charge is 0.468 e. The maximum absolute atomic E-state index is 12.6. The Labute approximate surface area is 266 Å². The van der Waals surface area contributed by atoms with Gasteiger partial charge in [-0.15, -0.1) is 0 Å². The zero-order chi connectivity index (χ0) is 26.2. The van der Waals surface area contributed by atoms with E-state index in [4.69, 9.17) is 33.5 Å². The first kappa shape index (κ1) is 31.1. The maximum atomic E-state index is 12.6. The summed E-state index contributed by atoms with van der Waals surface area (Å²) in [5.74, 6) is 5.79. The Bertz CT molecular complexity index is 1250. The molecule has 1 heterocycles. The summed E-state index contributed by atoms with van der Waals surface area (Å²) in [6.45, 7) is 3.81. The standard InChI is InChI=1S/C27H32ClN7O.K/c1-17-4-10-22(34-27(36)18-5-8-20(28)9-6-18)16-19(17)7-11-23(29)24(25(30)31)26(32-2)33-21-12-14-35(3)15-13-21;/h4-6,8-10,16,21H,12-15H2,1-3H3,(H7,29,30,31,32,33,34,36);/q;+1/p-1. The Hall–Kier alpha value is -2.16. The van der Waals surface area contributed by atoms with Gasteiger partial charge in [0.05, 0.1) is 5.70 Å². The Morgan fingerprint density at radius 1 is 1.19 bits per heavy atom. The molecule has 3 rings (SSSR count). The number of piperidine rings is 1. The van der Waals surface area contributed by atoms with Crippen LogP contribution in [0.25, 0.3) is 5.32 Å². The van der Waals surface area contributed by atoms with Crippen LogP contribution >= 0.6 is 11.6 Å². The van der Waals surface area contributed by atoms with Crippen LogP contribution in [-0.2, 0) is 0 Å². The van der Waals surface area contributed by atoms with Crippen molar-refractivity contribution >= 4 is 34.9 Å². The van der Waals surface area contributed by atoms with Crippen molar-refractivity contribution in [1.82, 2.24) is 4.90 Å². The molecule has 188 valence electrons. The van der Waals surface area contributed by atoms with Crippen LogP contribution in [0.3, 0.4) is 0 Å². The number of anilines is 1. The number of likely N-dealkylation sites (tertiary alicyclic amines) is 1. The molecule has 2 aromatic rings. The molecule has 37 heavy (non-hydrogen) atoms. The third-order valence-electron chi connectivity index (χ3n) is 5.90. The fourth-order valence-electron chi connectivity index (χ4n) is 3.75. The summed E-state index contributed by atoms with van der Waals surface area (Å²) in [6.07, 6.45) is 1.81. The largest absolute Gasteiger partial charge is 1.00 e. The number of nitrogens with one attached hydrogen (secondary N) is 2. The van der Waals surface area contributed by atoms with Crippen LogP contribution in [0.1, 0.15) is 34.3 Å². The number of nitrogens with zero attached hydrogens (tertiary/aromatic N) is 3. The molecule has 0 bridgehead atoms. The van der Waals surface area contributed by atoms with E-state index in [1.54, 1.807) is 43.4 Å². The van der Waals surface area contributed by atoms with Gasteiger partial charge in [-0.05, 0) is 93.8 Å². The van der Waals surface area contributed by atoms with Crippen molar-refractivity contribution in [2.45, 2.75) is 25.8 Å². The summed E-state index contributed by atoms with van der Waals surface area (Å²) >= 11 is 5.90. The Morgan fingerprint density at radius 2 is 1.84 bits per heavy atom. The van der Waals surface area contributed by atoms with Gasteiger partial charge in [0, 0.05) is 27.4 Å². The second-order valence-corrected chi connectivity index (χ2v) is 9.09. The minimum atomic E-state index is -0.257. The van der Waals surface area contributed by atoms with Crippen LogP contribution in [0.15, 0.2) is 58.7 Å². The van der Waals surface area contributed by atoms with Gasteiger partial charge in [0.2, 0.25) is 0 Å². The number of benzene rings is 2. The molecule has 8 nitrogen and oxygen atoms in total. The van der Waals surface area contributed by atoms with Crippen LogP contribution in [0.2, 0.25) is 5.02 Å². The molecule has 10 heteroatoms. The summed E-state index contributed by atoms with van der Waals surface area (Å²) in [5, 5.41) is 15.7. The first-order valence-electron chi connectivity index (χ1n) is 11.6. The molecule has 0 aliphatic carbocycles. The molecular weight excluding hydrogens is 513 g/mol. The molecule has 1 aliphatic heterocycles. The topological polar surface area (TPSA) is 135 Å². The number of allylic oxidation sites excluding steroid dienone is 1. The maximum Gasteiger partial charge on any atom is 1.00 e. The number of amides is 1. The zero-order valence-corrected chi connectivity index (χ0v) is 25.6. The molecule has 0 radical (unpaired) electrons. The number of amidine groups is 2. The van der Waals surface area contributed by atoms with Crippen LogP contribution in [0.4, 0.5) is 5.69 Å². The van der Waals surface area contributed by atoms with E-state index in [0.717, 1.165) is 31.5 Å². The molecule has 0 atom stereocenters. The minimum absolute atomic E-state index is 0. The first-order valence-corrected chi connectivity index (χ1v) is 12.0. The van der Waals surface area contributed by atoms with Crippen molar-refractivity contribution in [3.05, 3.63) is 80.8 Å². The van der Waals surface area contributed by atoms with Crippen LogP contribution in [0.5, 0.6) is 0 Å². The second-order valence-electron chi connectivity index (χ2n) is 8.65. The zero-order valence-electron chi connectivity index (χ0n) is 21.7. The van der Waals surface area contributed by atoms with Gasteiger partial charge in [-0.25, -0.2) is 0 Å². The SMILES string of the molecule is C[N-]C(=NC1CCN(C)CC1)/C(C(=N)N)=C(\N)C#Cc1cc(NC(=O)c2ccc(Cl)cc2)ccc1C.[K+]. The molecule has 1 aliphatic rings. The third-order valence-corrected chi connectivity index (χ3v) is 6.15. The van der Waals surface area contributed by atoms with Gasteiger partial charge < -0.3 is 32.0 Å². The number of rotatable bonds is 5. The quantitative estimate of drug-likeness (QED) is 0.193. The number of aryl methyl sites for hydroxylation is 1. The van der Waals surface area contributed by atoms with Gasteiger partial charge in [0.25, 0.3) is 5.91 Å². The predicted molar refractivity (Wildman–Crippen MR) is 148 cm³/mol. The van der Waals surface area contributed by atoms with Crippen LogP contribution < -0.4 is 68.2 Å². The summed E-state index contributed by atoms with van der Waals surface area (Å²) in [7, 11) is 3.69. The number of hydrogen-bond donors (Lipinski definition) is 4. The van der Waals surface area contributed by atoms with Crippen molar-refractivity contribution < 1.29 is 56.2 Å². The van der Waals surface area contributed by atoms with Gasteiger partial charge in [0.15, 0.2) is 0 Å². The number of halogens is 1. The Balaban J connectivity index is 0.00000481. The van der Waals surface area contributed by atoms with E-state index in [-0.39, 0.29) is 80.4 Å². The van der Waals surface area contributed by atoms with Gasteiger partial charge in [0.1, 0.15) is 5.84 Å². The fourth-order valence-corrected chi connectivity index (χ4v) is 3.88. The van der Waals surface area contributed by atoms with Gasteiger partial charge in [-0.1, -0.05) is 36.5 Å².